The maximum absolute atomic E-state index is 12.0. The number of likely N-dealkylation sites (tertiary alicyclic amines) is 1. The minimum Gasteiger partial charge on any atom is -0.458 e. The van der Waals surface area contributed by atoms with Gasteiger partial charge >= 0.3 is 5.97 Å². The van der Waals surface area contributed by atoms with Crippen LogP contribution in [0.2, 0.25) is 0 Å². The van der Waals surface area contributed by atoms with E-state index in [1.54, 1.807) is 20.8 Å². The van der Waals surface area contributed by atoms with Gasteiger partial charge < -0.3 is 14.7 Å². The lowest BCUT2D eigenvalue weighted by Crippen LogP contribution is -2.45. The van der Waals surface area contributed by atoms with Crippen molar-refractivity contribution in [1.82, 2.24) is 4.90 Å². The lowest BCUT2D eigenvalue weighted by Gasteiger charge is -2.29. The number of amides is 1. The highest BCUT2D eigenvalue weighted by Gasteiger charge is 2.38. The van der Waals surface area contributed by atoms with E-state index in [2.05, 4.69) is 0 Å². The quantitative estimate of drug-likeness (QED) is 0.761. The molecule has 2 atom stereocenters. The SMILES string of the molecule is CCC(C(=O)OC(C)(C)C)N1CC(CO)CC1=O. The van der Waals surface area contributed by atoms with Gasteiger partial charge in [0.15, 0.2) is 0 Å². The second kappa shape index (κ2) is 5.69. The molecule has 5 heteroatoms. The Morgan fingerprint density at radius 2 is 2.17 bits per heavy atom. The number of carbonyl (C=O) groups excluding carboxylic acids is 2. The highest BCUT2D eigenvalue weighted by atomic mass is 16.6. The summed E-state index contributed by atoms with van der Waals surface area (Å²) in [7, 11) is 0. The van der Waals surface area contributed by atoms with Crippen molar-refractivity contribution in [3.63, 3.8) is 0 Å². The highest BCUT2D eigenvalue weighted by Crippen LogP contribution is 2.23. The van der Waals surface area contributed by atoms with Gasteiger partial charge in [-0.3, -0.25) is 4.79 Å². The maximum Gasteiger partial charge on any atom is 0.329 e. The molecule has 0 aliphatic carbocycles. The smallest absolute Gasteiger partial charge is 0.329 e. The van der Waals surface area contributed by atoms with Crippen LogP contribution in [0.5, 0.6) is 0 Å². The summed E-state index contributed by atoms with van der Waals surface area (Å²) in [4.78, 5) is 25.4. The van der Waals surface area contributed by atoms with Crippen LogP contribution in [0.4, 0.5) is 0 Å². The minimum atomic E-state index is -0.552. The van der Waals surface area contributed by atoms with E-state index < -0.39 is 11.6 Å². The van der Waals surface area contributed by atoms with Crippen LogP contribution in [-0.2, 0) is 14.3 Å². The summed E-state index contributed by atoms with van der Waals surface area (Å²) in [5.41, 5.74) is -0.552. The van der Waals surface area contributed by atoms with E-state index in [0.717, 1.165) is 0 Å². The normalized spacial score (nSPS) is 22.2. The minimum absolute atomic E-state index is 0.0208. The van der Waals surface area contributed by atoms with E-state index in [4.69, 9.17) is 9.84 Å². The molecular formula is C13H23NO4. The third-order valence-electron chi connectivity index (χ3n) is 2.94. The molecule has 1 heterocycles. The summed E-state index contributed by atoms with van der Waals surface area (Å²) in [5, 5.41) is 9.09. The number of ether oxygens (including phenoxy) is 1. The summed E-state index contributed by atoms with van der Waals surface area (Å²) < 4.78 is 5.33. The monoisotopic (exact) mass is 257 g/mol. The van der Waals surface area contributed by atoms with Gasteiger partial charge in [0.25, 0.3) is 0 Å². The molecule has 1 saturated heterocycles. The maximum atomic E-state index is 12.0. The summed E-state index contributed by atoms with van der Waals surface area (Å²) in [6, 6.07) is -0.534. The largest absolute Gasteiger partial charge is 0.458 e. The Morgan fingerprint density at radius 3 is 2.56 bits per heavy atom. The van der Waals surface area contributed by atoms with Crippen molar-refractivity contribution in [3.8, 4) is 0 Å². The van der Waals surface area contributed by atoms with Gasteiger partial charge in [-0.1, -0.05) is 6.92 Å². The first-order chi connectivity index (χ1) is 8.28. The molecule has 1 fully saturated rings. The average Bonchev–Trinajstić information content (AvgIpc) is 2.59. The molecule has 2 unspecified atom stereocenters. The van der Waals surface area contributed by atoms with Crippen molar-refractivity contribution < 1.29 is 19.4 Å². The third-order valence-corrected chi connectivity index (χ3v) is 2.94. The molecule has 1 aliphatic rings. The molecule has 1 N–H and O–H groups in total. The molecule has 0 aromatic carbocycles. The molecule has 0 radical (unpaired) electrons. The fourth-order valence-corrected chi connectivity index (χ4v) is 2.12. The van der Waals surface area contributed by atoms with Crippen LogP contribution in [0.1, 0.15) is 40.5 Å². The molecule has 104 valence electrons. The number of hydrogen-bond acceptors (Lipinski definition) is 4. The number of hydrogen-bond donors (Lipinski definition) is 1. The number of aliphatic hydroxyl groups is 1. The Morgan fingerprint density at radius 1 is 1.56 bits per heavy atom. The number of carbonyl (C=O) groups is 2. The molecule has 0 aromatic rings. The average molecular weight is 257 g/mol. The first-order valence-corrected chi connectivity index (χ1v) is 6.41. The van der Waals surface area contributed by atoms with Gasteiger partial charge in [0.1, 0.15) is 11.6 Å². The fraction of sp³-hybridized carbons (Fsp3) is 0.846. The topological polar surface area (TPSA) is 66.8 Å². The third kappa shape index (κ3) is 3.70. The molecule has 1 amide bonds. The van der Waals surface area contributed by atoms with Gasteiger partial charge in [-0.05, 0) is 27.2 Å². The Labute approximate surface area is 108 Å². The van der Waals surface area contributed by atoms with Gasteiger partial charge in [-0.2, -0.15) is 0 Å². The van der Waals surface area contributed by atoms with Crippen molar-refractivity contribution in [2.24, 2.45) is 5.92 Å². The van der Waals surface area contributed by atoms with Crippen LogP contribution >= 0.6 is 0 Å². The molecule has 1 rings (SSSR count). The highest BCUT2D eigenvalue weighted by molar-refractivity contribution is 5.86. The predicted octanol–water partition coefficient (Wildman–Crippen LogP) is 0.948. The summed E-state index contributed by atoms with van der Waals surface area (Å²) in [5.74, 6) is -0.502. The number of nitrogens with zero attached hydrogens (tertiary/aromatic N) is 1. The zero-order chi connectivity index (χ0) is 13.9. The van der Waals surface area contributed by atoms with Gasteiger partial charge in [0, 0.05) is 25.5 Å². The molecule has 1 aliphatic heterocycles. The molecule has 0 spiro atoms. The van der Waals surface area contributed by atoms with Gasteiger partial charge in [-0.15, -0.1) is 0 Å². The second-order valence-corrected chi connectivity index (χ2v) is 5.76. The molecule has 5 nitrogen and oxygen atoms in total. The first kappa shape index (κ1) is 15.0. The molecule has 0 aromatic heterocycles. The molecule has 18 heavy (non-hydrogen) atoms. The van der Waals surface area contributed by atoms with Crippen molar-refractivity contribution in [1.29, 1.82) is 0 Å². The number of aliphatic hydroxyl groups excluding tert-OH is 1. The van der Waals surface area contributed by atoms with Crippen molar-refractivity contribution in [2.75, 3.05) is 13.2 Å². The van der Waals surface area contributed by atoms with Gasteiger partial charge in [0.2, 0.25) is 5.91 Å². The predicted molar refractivity (Wildman–Crippen MR) is 66.8 cm³/mol. The lowest BCUT2D eigenvalue weighted by molar-refractivity contribution is -0.163. The van der Waals surface area contributed by atoms with Crippen LogP contribution in [-0.4, -0.2) is 46.7 Å². The standard InChI is InChI=1S/C13H23NO4/c1-5-10(12(17)18-13(2,3)4)14-7-9(8-15)6-11(14)16/h9-10,15H,5-8H2,1-4H3. The fourth-order valence-electron chi connectivity index (χ4n) is 2.12. The van der Waals surface area contributed by atoms with Gasteiger partial charge in [0.05, 0.1) is 0 Å². The van der Waals surface area contributed by atoms with Crippen LogP contribution < -0.4 is 0 Å². The van der Waals surface area contributed by atoms with Crippen LogP contribution in [0.3, 0.4) is 0 Å². The van der Waals surface area contributed by atoms with E-state index in [9.17, 15) is 9.59 Å². The lowest BCUT2D eigenvalue weighted by atomic mass is 10.1. The molecule has 0 bridgehead atoms. The van der Waals surface area contributed by atoms with Crippen LogP contribution in [0, 0.1) is 5.92 Å². The molecular weight excluding hydrogens is 234 g/mol. The zero-order valence-electron chi connectivity index (χ0n) is 11.6. The van der Waals surface area contributed by atoms with Crippen molar-refractivity contribution in [2.45, 2.75) is 52.2 Å². The Bertz CT molecular complexity index is 321. The van der Waals surface area contributed by atoms with E-state index in [1.165, 1.54) is 4.90 Å². The van der Waals surface area contributed by atoms with Gasteiger partial charge in [-0.25, -0.2) is 4.79 Å². The van der Waals surface area contributed by atoms with E-state index in [-0.39, 0.29) is 24.4 Å². The Hall–Kier alpha value is -1.10. The summed E-state index contributed by atoms with van der Waals surface area (Å²) in [6.07, 6.45) is 0.842. The van der Waals surface area contributed by atoms with Crippen molar-refractivity contribution in [3.05, 3.63) is 0 Å². The summed E-state index contributed by atoms with van der Waals surface area (Å²) >= 11 is 0. The molecule has 0 saturated carbocycles. The van der Waals surface area contributed by atoms with E-state index in [0.29, 0.717) is 19.4 Å². The number of esters is 1. The summed E-state index contributed by atoms with van der Waals surface area (Å²) in [6.45, 7) is 7.69. The Kier molecular flexibility index (Phi) is 4.73. The number of rotatable bonds is 4. The van der Waals surface area contributed by atoms with E-state index in [1.807, 2.05) is 6.92 Å². The zero-order valence-corrected chi connectivity index (χ0v) is 11.6. The van der Waals surface area contributed by atoms with Crippen molar-refractivity contribution >= 4 is 11.9 Å². The Balaban J connectivity index is 2.72. The second-order valence-electron chi connectivity index (χ2n) is 5.76. The van der Waals surface area contributed by atoms with Crippen LogP contribution in [0.15, 0.2) is 0 Å². The first-order valence-electron chi connectivity index (χ1n) is 6.41. The van der Waals surface area contributed by atoms with Crippen LogP contribution in [0.25, 0.3) is 0 Å². The van der Waals surface area contributed by atoms with E-state index >= 15 is 0 Å².